The van der Waals surface area contributed by atoms with Gasteiger partial charge in [-0.25, -0.2) is 4.98 Å². The minimum atomic E-state index is -2.36. The molecule has 0 bridgehead atoms. The summed E-state index contributed by atoms with van der Waals surface area (Å²) < 4.78 is 0. The fraction of sp³-hybridized carbons (Fsp3) is 0.0952. The van der Waals surface area contributed by atoms with Gasteiger partial charge in [-0.2, -0.15) is 0 Å². The van der Waals surface area contributed by atoms with Gasteiger partial charge >= 0.3 is 0 Å². The normalized spacial score (nSPS) is 12.2. The number of aliphatic carboxylic acids is 1. The molecule has 0 aliphatic carbocycles. The Bertz CT molecular complexity index is 839. The second kappa shape index (κ2) is 8.69. The molecule has 0 spiro atoms. The molecule has 3 rings (SSSR count). The zero-order chi connectivity index (χ0) is 19.0. The maximum Gasteiger partial charge on any atom is 0.166 e. The van der Waals surface area contributed by atoms with Crippen molar-refractivity contribution in [2.24, 2.45) is 0 Å². The Hall–Kier alpha value is -3.31. The number of carboxylic acid groups (broad SMARTS) is 1. The van der Waals surface area contributed by atoms with Crippen molar-refractivity contribution < 1.29 is 24.8 Å². The molecule has 0 fully saturated rings. The third-order valence-corrected chi connectivity index (χ3v) is 3.79. The highest BCUT2D eigenvalue weighted by Gasteiger charge is 2.35. The fourth-order valence-electron chi connectivity index (χ4n) is 2.51. The minimum absolute atomic E-state index is 0.0127. The zero-order valence-electron chi connectivity index (χ0n) is 14.3. The molecule has 1 aromatic heterocycles. The maximum absolute atomic E-state index is 11.6. The number of Topliss-reactive ketones (excluding diaryl/α,β-unsaturated/α-hetero) is 1. The fourth-order valence-corrected chi connectivity index (χ4v) is 2.51. The van der Waals surface area contributed by atoms with Crippen LogP contribution in [0.15, 0.2) is 85.2 Å². The van der Waals surface area contributed by atoms with E-state index in [1.54, 1.807) is 30.3 Å². The molecule has 26 heavy (non-hydrogen) atoms. The van der Waals surface area contributed by atoms with E-state index in [1.165, 1.54) is 31.2 Å². The number of aromatic nitrogens is 1. The van der Waals surface area contributed by atoms with E-state index in [9.17, 15) is 19.8 Å². The van der Waals surface area contributed by atoms with Crippen LogP contribution < -0.4 is 10.1 Å². The molecule has 0 amide bonds. The van der Waals surface area contributed by atoms with Crippen LogP contribution in [0.1, 0.15) is 28.4 Å². The summed E-state index contributed by atoms with van der Waals surface area (Å²) in [4.78, 5) is 26.1. The molecule has 0 radical (unpaired) electrons. The summed E-state index contributed by atoms with van der Waals surface area (Å²) in [5.41, 5.74) is -2.04. The van der Waals surface area contributed by atoms with Crippen molar-refractivity contribution in [2.45, 2.75) is 12.5 Å². The van der Waals surface area contributed by atoms with Gasteiger partial charge in [-0.3, -0.25) is 4.79 Å². The van der Waals surface area contributed by atoms with E-state index in [0.29, 0.717) is 0 Å². The smallest absolute Gasteiger partial charge is 0.166 e. The summed E-state index contributed by atoms with van der Waals surface area (Å²) >= 11 is 0. The van der Waals surface area contributed by atoms with E-state index in [2.05, 4.69) is 4.98 Å². The van der Waals surface area contributed by atoms with Gasteiger partial charge in [0, 0.05) is 23.3 Å². The molecule has 1 unspecified atom stereocenters. The molecule has 5 heteroatoms. The van der Waals surface area contributed by atoms with Crippen molar-refractivity contribution in [3.63, 3.8) is 0 Å². The number of rotatable bonds is 4. The van der Waals surface area contributed by atoms with E-state index in [1.807, 2.05) is 30.6 Å². The Labute approximate surface area is 151 Å². The Morgan fingerprint density at radius 1 is 0.885 bits per heavy atom. The number of aliphatic hydroxyl groups is 1. The van der Waals surface area contributed by atoms with Crippen LogP contribution in [-0.4, -0.2) is 16.9 Å². The highest BCUT2D eigenvalue weighted by atomic mass is 16.4. The van der Waals surface area contributed by atoms with E-state index in [-0.39, 0.29) is 22.5 Å². The summed E-state index contributed by atoms with van der Waals surface area (Å²) in [6.07, 6.45) is 3.75. The van der Waals surface area contributed by atoms with Crippen molar-refractivity contribution >= 4 is 11.8 Å². The molecule has 0 aliphatic rings. The van der Waals surface area contributed by atoms with Gasteiger partial charge in [0.15, 0.2) is 23.8 Å². The first kappa shape index (κ1) is 19.0. The molecule has 5 nitrogen and oxygen atoms in total. The molecular weight excluding hydrogens is 330 g/mol. The molecule has 0 aliphatic heterocycles. The molecule has 132 valence electrons. The molecule has 0 saturated carbocycles. The number of benzene rings is 2. The lowest BCUT2D eigenvalue weighted by molar-refractivity contribution is -0.378. The standard InChI is InChI=1S/C16H14O4.C5H5N/c1-11(17)13-9-5-6-10-14(13)16(20,15(18)19)12-7-3-2-4-8-12;1-2-4-6-5-3-1/h2-10,20H,1H3,(H,18,19);1-5H. The third-order valence-electron chi connectivity index (χ3n) is 3.79. The zero-order valence-corrected chi connectivity index (χ0v) is 14.3. The number of H-pyrrole nitrogens is 1. The van der Waals surface area contributed by atoms with Gasteiger partial charge in [-0.05, 0) is 12.5 Å². The first-order valence-electron chi connectivity index (χ1n) is 7.98. The minimum Gasteiger partial charge on any atom is -0.546 e. The maximum atomic E-state index is 11.6. The number of hydrogen-bond donors (Lipinski definition) is 1. The molecule has 2 N–H and O–H groups in total. The van der Waals surface area contributed by atoms with Crippen LogP contribution in [0.2, 0.25) is 0 Å². The van der Waals surface area contributed by atoms with Gasteiger partial charge in [0.25, 0.3) is 0 Å². The Morgan fingerprint density at radius 3 is 1.88 bits per heavy atom. The average Bonchev–Trinajstić information content (AvgIpc) is 2.69. The number of nitrogens with one attached hydrogen (secondary N) is 1. The number of aromatic amines is 1. The van der Waals surface area contributed by atoms with Crippen LogP contribution in [0.4, 0.5) is 0 Å². The Morgan fingerprint density at radius 2 is 1.42 bits per heavy atom. The number of ketones is 1. The van der Waals surface area contributed by atoms with Crippen LogP contribution in [0.3, 0.4) is 0 Å². The largest absolute Gasteiger partial charge is 0.546 e. The van der Waals surface area contributed by atoms with E-state index < -0.39 is 11.6 Å². The molecule has 3 aromatic rings. The number of pyridine rings is 1. The lowest BCUT2D eigenvalue weighted by atomic mass is 9.83. The third kappa shape index (κ3) is 4.20. The quantitative estimate of drug-likeness (QED) is 0.720. The summed E-state index contributed by atoms with van der Waals surface area (Å²) in [6, 6.07) is 19.8. The van der Waals surface area contributed by atoms with Gasteiger partial charge in [-0.1, -0.05) is 60.7 Å². The van der Waals surface area contributed by atoms with E-state index in [4.69, 9.17) is 0 Å². The number of carbonyl (C=O) groups excluding carboxylic acids is 2. The molecule has 1 heterocycles. The van der Waals surface area contributed by atoms with Crippen LogP contribution in [0.25, 0.3) is 0 Å². The summed E-state index contributed by atoms with van der Waals surface area (Å²) in [5.74, 6) is -1.99. The van der Waals surface area contributed by atoms with Gasteiger partial charge in [0.2, 0.25) is 0 Å². The van der Waals surface area contributed by atoms with Crippen molar-refractivity contribution in [3.8, 4) is 0 Å². The highest BCUT2D eigenvalue weighted by molar-refractivity contribution is 5.98. The van der Waals surface area contributed by atoms with Crippen molar-refractivity contribution in [1.82, 2.24) is 0 Å². The first-order valence-corrected chi connectivity index (χ1v) is 7.98. The van der Waals surface area contributed by atoms with Gasteiger partial charge in [0.1, 0.15) is 0 Å². The topological polar surface area (TPSA) is 91.6 Å². The van der Waals surface area contributed by atoms with E-state index in [0.717, 1.165) is 0 Å². The lowest BCUT2D eigenvalue weighted by Crippen LogP contribution is -2.47. The van der Waals surface area contributed by atoms with Crippen molar-refractivity contribution in [3.05, 3.63) is 102 Å². The number of hydrogen-bond acceptors (Lipinski definition) is 4. The monoisotopic (exact) mass is 349 g/mol. The van der Waals surface area contributed by atoms with Gasteiger partial charge < -0.3 is 15.0 Å². The molecular formula is C21H19NO4. The summed E-state index contributed by atoms with van der Waals surface area (Å²) in [6.45, 7) is 1.32. The number of carboxylic acids is 1. The second-order valence-corrected chi connectivity index (χ2v) is 5.54. The predicted octanol–water partition coefficient (Wildman–Crippen LogP) is 1.38. The lowest BCUT2D eigenvalue weighted by Gasteiger charge is -2.31. The molecule has 2 aromatic carbocycles. The van der Waals surface area contributed by atoms with Gasteiger partial charge in [0.05, 0.1) is 5.97 Å². The Kier molecular flexibility index (Phi) is 6.36. The van der Waals surface area contributed by atoms with Crippen molar-refractivity contribution in [2.75, 3.05) is 0 Å². The molecule has 1 atom stereocenters. The van der Waals surface area contributed by atoms with E-state index >= 15 is 0 Å². The second-order valence-electron chi connectivity index (χ2n) is 5.54. The van der Waals surface area contributed by atoms with Crippen molar-refractivity contribution in [1.29, 1.82) is 0 Å². The predicted molar refractivity (Wildman–Crippen MR) is 93.9 cm³/mol. The van der Waals surface area contributed by atoms with Gasteiger partial charge in [-0.15, -0.1) is 0 Å². The molecule has 0 saturated heterocycles. The highest BCUT2D eigenvalue weighted by Crippen LogP contribution is 2.31. The summed E-state index contributed by atoms with van der Waals surface area (Å²) in [5, 5.41) is 22.2. The first-order chi connectivity index (χ1) is 12.5. The average molecular weight is 349 g/mol. The van der Waals surface area contributed by atoms with Crippen LogP contribution in [0, 0.1) is 0 Å². The Balaban J connectivity index is 0.000000342. The number of carbonyl (C=O) groups is 2. The SMILES string of the molecule is CC(=O)c1ccccc1C(O)(C(=O)[O-])c1ccccc1.c1cc[nH+]cc1. The van der Waals surface area contributed by atoms with Crippen LogP contribution >= 0.6 is 0 Å². The van der Waals surface area contributed by atoms with Crippen LogP contribution in [-0.2, 0) is 10.4 Å². The van der Waals surface area contributed by atoms with Crippen LogP contribution in [0.5, 0.6) is 0 Å². The summed E-state index contributed by atoms with van der Waals surface area (Å²) in [7, 11) is 0.